The summed E-state index contributed by atoms with van der Waals surface area (Å²) in [5.74, 6) is 0.933. The Morgan fingerprint density at radius 3 is 2.40 bits per heavy atom. The van der Waals surface area contributed by atoms with Gasteiger partial charge in [-0.1, -0.05) is 51.2 Å². The third-order valence-corrected chi connectivity index (χ3v) is 3.81. The normalized spacial score (nSPS) is 12.3. The Morgan fingerprint density at radius 2 is 1.75 bits per heavy atom. The molecule has 0 aromatic heterocycles. The lowest BCUT2D eigenvalue weighted by Gasteiger charge is -2.13. The molecule has 0 aliphatic heterocycles. The van der Waals surface area contributed by atoms with Crippen LogP contribution >= 0.6 is 0 Å². The SMILES string of the molecule is CCCCCCCC(C)NCCc1ccc(OC)cc1. The smallest absolute Gasteiger partial charge is 0.118 e. The summed E-state index contributed by atoms with van der Waals surface area (Å²) in [5, 5.41) is 3.62. The van der Waals surface area contributed by atoms with Gasteiger partial charge in [0.15, 0.2) is 0 Å². The lowest BCUT2D eigenvalue weighted by Crippen LogP contribution is -2.27. The predicted molar refractivity (Wildman–Crippen MR) is 87.5 cm³/mol. The van der Waals surface area contributed by atoms with E-state index in [0.717, 1.165) is 18.7 Å². The van der Waals surface area contributed by atoms with Crippen molar-refractivity contribution in [2.45, 2.75) is 64.8 Å². The predicted octanol–water partition coefficient (Wildman–Crippen LogP) is 4.58. The van der Waals surface area contributed by atoms with Gasteiger partial charge in [0.1, 0.15) is 5.75 Å². The van der Waals surface area contributed by atoms with Gasteiger partial charge in [-0.3, -0.25) is 0 Å². The molecule has 1 unspecified atom stereocenters. The van der Waals surface area contributed by atoms with Crippen LogP contribution in [0.25, 0.3) is 0 Å². The van der Waals surface area contributed by atoms with Gasteiger partial charge in [0.2, 0.25) is 0 Å². The van der Waals surface area contributed by atoms with E-state index in [9.17, 15) is 0 Å². The van der Waals surface area contributed by atoms with Crippen molar-refractivity contribution in [3.8, 4) is 5.75 Å². The molecule has 0 saturated heterocycles. The van der Waals surface area contributed by atoms with Crippen LogP contribution in [0.1, 0.15) is 57.9 Å². The first-order valence-corrected chi connectivity index (χ1v) is 8.12. The average Bonchev–Trinajstić information content (AvgIpc) is 2.48. The quantitative estimate of drug-likeness (QED) is 0.598. The van der Waals surface area contributed by atoms with E-state index in [-0.39, 0.29) is 0 Å². The molecule has 2 heteroatoms. The van der Waals surface area contributed by atoms with Crippen LogP contribution in [0.4, 0.5) is 0 Å². The second kappa shape index (κ2) is 10.7. The van der Waals surface area contributed by atoms with Crippen molar-refractivity contribution in [1.82, 2.24) is 5.32 Å². The van der Waals surface area contributed by atoms with Crippen molar-refractivity contribution in [2.75, 3.05) is 13.7 Å². The highest BCUT2D eigenvalue weighted by Gasteiger charge is 2.01. The highest BCUT2D eigenvalue weighted by molar-refractivity contribution is 5.27. The second-order valence-corrected chi connectivity index (χ2v) is 5.66. The monoisotopic (exact) mass is 277 g/mol. The van der Waals surface area contributed by atoms with Gasteiger partial charge >= 0.3 is 0 Å². The van der Waals surface area contributed by atoms with E-state index in [0.29, 0.717) is 6.04 Å². The minimum atomic E-state index is 0.634. The summed E-state index contributed by atoms with van der Waals surface area (Å²) in [7, 11) is 1.71. The Labute approximate surface area is 124 Å². The molecule has 1 aromatic carbocycles. The Morgan fingerprint density at radius 1 is 1.05 bits per heavy atom. The van der Waals surface area contributed by atoms with Crippen LogP contribution in [-0.4, -0.2) is 19.7 Å². The number of methoxy groups -OCH3 is 1. The molecule has 0 radical (unpaired) electrons. The molecule has 0 amide bonds. The standard InChI is InChI=1S/C18H31NO/c1-4-5-6-7-8-9-16(2)19-15-14-17-10-12-18(20-3)13-11-17/h10-13,16,19H,4-9,14-15H2,1-3H3. The Hall–Kier alpha value is -1.02. The van der Waals surface area contributed by atoms with Crippen molar-refractivity contribution in [2.24, 2.45) is 0 Å². The molecule has 0 fully saturated rings. The van der Waals surface area contributed by atoms with E-state index in [1.54, 1.807) is 7.11 Å². The Bertz CT molecular complexity index is 334. The molecule has 1 N–H and O–H groups in total. The maximum absolute atomic E-state index is 5.17. The van der Waals surface area contributed by atoms with E-state index in [2.05, 4.69) is 31.3 Å². The first-order chi connectivity index (χ1) is 9.76. The van der Waals surface area contributed by atoms with Gasteiger partial charge in [-0.05, 0) is 44.0 Å². The fourth-order valence-corrected chi connectivity index (χ4v) is 2.41. The number of nitrogens with one attached hydrogen (secondary N) is 1. The molecule has 1 atom stereocenters. The third-order valence-electron chi connectivity index (χ3n) is 3.81. The van der Waals surface area contributed by atoms with Crippen LogP contribution in [0.2, 0.25) is 0 Å². The molecule has 1 rings (SSSR count). The maximum atomic E-state index is 5.17. The minimum Gasteiger partial charge on any atom is -0.497 e. The van der Waals surface area contributed by atoms with E-state index in [4.69, 9.17) is 4.74 Å². The number of rotatable bonds is 11. The third kappa shape index (κ3) is 7.54. The first-order valence-electron chi connectivity index (χ1n) is 8.12. The van der Waals surface area contributed by atoms with Gasteiger partial charge in [0, 0.05) is 6.04 Å². The lowest BCUT2D eigenvalue weighted by molar-refractivity contribution is 0.414. The molecule has 0 bridgehead atoms. The molecular formula is C18H31NO. The van der Waals surface area contributed by atoms with Crippen LogP contribution in [-0.2, 0) is 6.42 Å². The van der Waals surface area contributed by atoms with Gasteiger partial charge < -0.3 is 10.1 Å². The fraction of sp³-hybridized carbons (Fsp3) is 0.667. The fourth-order valence-electron chi connectivity index (χ4n) is 2.41. The molecule has 20 heavy (non-hydrogen) atoms. The summed E-state index contributed by atoms with van der Waals surface area (Å²) in [5.41, 5.74) is 1.37. The molecule has 0 spiro atoms. The zero-order chi connectivity index (χ0) is 14.6. The van der Waals surface area contributed by atoms with Crippen molar-refractivity contribution in [3.05, 3.63) is 29.8 Å². The summed E-state index contributed by atoms with van der Waals surface area (Å²) in [4.78, 5) is 0. The summed E-state index contributed by atoms with van der Waals surface area (Å²) < 4.78 is 5.17. The molecule has 0 heterocycles. The molecule has 0 aliphatic rings. The molecule has 0 aliphatic carbocycles. The van der Waals surface area contributed by atoms with Crippen LogP contribution in [0.3, 0.4) is 0 Å². The highest BCUT2D eigenvalue weighted by Crippen LogP contribution is 2.11. The van der Waals surface area contributed by atoms with E-state index >= 15 is 0 Å². The second-order valence-electron chi connectivity index (χ2n) is 5.66. The lowest BCUT2D eigenvalue weighted by atomic mass is 10.1. The van der Waals surface area contributed by atoms with Gasteiger partial charge in [-0.2, -0.15) is 0 Å². The number of benzene rings is 1. The number of unbranched alkanes of at least 4 members (excludes halogenated alkanes) is 4. The van der Waals surface area contributed by atoms with Crippen molar-refractivity contribution >= 4 is 0 Å². The molecule has 2 nitrogen and oxygen atoms in total. The average molecular weight is 277 g/mol. The van der Waals surface area contributed by atoms with Gasteiger partial charge in [0.05, 0.1) is 7.11 Å². The minimum absolute atomic E-state index is 0.634. The van der Waals surface area contributed by atoms with E-state index in [1.165, 1.54) is 44.1 Å². The zero-order valence-electron chi connectivity index (χ0n) is 13.5. The van der Waals surface area contributed by atoms with Crippen LogP contribution in [0.15, 0.2) is 24.3 Å². The zero-order valence-corrected chi connectivity index (χ0v) is 13.5. The van der Waals surface area contributed by atoms with Gasteiger partial charge in [-0.15, -0.1) is 0 Å². The van der Waals surface area contributed by atoms with Crippen molar-refractivity contribution < 1.29 is 4.74 Å². The summed E-state index contributed by atoms with van der Waals surface area (Å²) in [6.45, 7) is 5.62. The Kier molecular flexibility index (Phi) is 9.14. The van der Waals surface area contributed by atoms with Crippen LogP contribution in [0, 0.1) is 0 Å². The summed E-state index contributed by atoms with van der Waals surface area (Å²) >= 11 is 0. The topological polar surface area (TPSA) is 21.3 Å². The van der Waals surface area contributed by atoms with Crippen LogP contribution < -0.4 is 10.1 Å². The summed E-state index contributed by atoms with van der Waals surface area (Å²) in [6.07, 6.45) is 9.25. The molecule has 0 saturated carbocycles. The largest absolute Gasteiger partial charge is 0.497 e. The first kappa shape index (κ1) is 17.0. The van der Waals surface area contributed by atoms with E-state index in [1.807, 2.05) is 12.1 Å². The highest BCUT2D eigenvalue weighted by atomic mass is 16.5. The maximum Gasteiger partial charge on any atom is 0.118 e. The number of ether oxygens (including phenoxy) is 1. The van der Waals surface area contributed by atoms with Gasteiger partial charge in [0.25, 0.3) is 0 Å². The molecular weight excluding hydrogens is 246 g/mol. The van der Waals surface area contributed by atoms with Crippen molar-refractivity contribution in [1.29, 1.82) is 0 Å². The van der Waals surface area contributed by atoms with E-state index < -0.39 is 0 Å². The van der Waals surface area contributed by atoms with Crippen LogP contribution in [0.5, 0.6) is 5.75 Å². The number of hydrogen-bond donors (Lipinski definition) is 1. The molecule has 114 valence electrons. The van der Waals surface area contributed by atoms with Gasteiger partial charge in [-0.25, -0.2) is 0 Å². The number of hydrogen-bond acceptors (Lipinski definition) is 2. The molecule has 1 aromatic rings. The Balaban J connectivity index is 2.07. The summed E-state index contributed by atoms with van der Waals surface area (Å²) in [6, 6.07) is 9.00. The van der Waals surface area contributed by atoms with Crippen molar-refractivity contribution in [3.63, 3.8) is 0 Å².